The summed E-state index contributed by atoms with van der Waals surface area (Å²) in [5.74, 6) is -0.635. The Morgan fingerprint density at radius 1 is 1.29 bits per heavy atom. The van der Waals surface area contributed by atoms with E-state index in [1.807, 2.05) is 0 Å². The second-order valence-electron chi connectivity index (χ2n) is 6.52. The van der Waals surface area contributed by atoms with Crippen molar-refractivity contribution in [3.63, 3.8) is 0 Å². The highest BCUT2D eigenvalue weighted by molar-refractivity contribution is 7.91. The first-order valence-electron chi connectivity index (χ1n) is 7.72. The molecule has 2 fully saturated rings. The predicted octanol–water partition coefficient (Wildman–Crippen LogP) is 1.93. The summed E-state index contributed by atoms with van der Waals surface area (Å²) >= 11 is 0. The Hall–Kier alpha value is -1.58. The third-order valence-corrected chi connectivity index (χ3v) is 6.12. The van der Waals surface area contributed by atoms with Gasteiger partial charge in [0.25, 0.3) is 5.91 Å². The number of nitrogens with one attached hydrogen (secondary N) is 1. The number of alkyl halides is 3. The Morgan fingerprint density at radius 3 is 2.46 bits per heavy atom. The van der Waals surface area contributed by atoms with Crippen LogP contribution in [0.5, 0.6) is 0 Å². The quantitative estimate of drug-likeness (QED) is 0.884. The minimum atomic E-state index is -4.61. The Morgan fingerprint density at radius 2 is 1.96 bits per heavy atom. The maximum atomic E-state index is 12.8. The molecule has 10 heteroatoms. The van der Waals surface area contributed by atoms with Crippen LogP contribution >= 0.6 is 0 Å². The number of carbonyl (C=O) groups is 1. The number of sulfone groups is 1. The topological polar surface area (TPSA) is 81.1 Å². The largest absolute Gasteiger partial charge is 0.435 e. The fourth-order valence-corrected chi connectivity index (χ4v) is 4.17. The lowest BCUT2D eigenvalue weighted by Crippen LogP contribution is -2.35. The average Bonchev–Trinajstić information content (AvgIpc) is 2.99. The second kappa shape index (κ2) is 5.75. The molecule has 1 amide bonds. The van der Waals surface area contributed by atoms with E-state index in [9.17, 15) is 26.4 Å². The van der Waals surface area contributed by atoms with E-state index in [2.05, 4.69) is 10.4 Å². The number of hydrogen-bond donors (Lipinski definition) is 1. The average molecular weight is 365 g/mol. The van der Waals surface area contributed by atoms with E-state index in [-0.39, 0.29) is 24.2 Å². The van der Waals surface area contributed by atoms with E-state index in [1.54, 1.807) is 0 Å². The van der Waals surface area contributed by atoms with E-state index in [0.29, 0.717) is 25.7 Å². The number of halogens is 3. The summed E-state index contributed by atoms with van der Waals surface area (Å²) in [6, 6.07) is 0.236. The van der Waals surface area contributed by atoms with Crippen molar-refractivity contribution < 1.29 is 26.4 Å². The van der Waals surface area contributed by atoms with Gasteiger partial charge in [0.2, 0.25) is 0 Å². The number of rotatable bonds is 4. The van der Waals surface area contributed by atoms with Crippen LogP contribution in [0.15, 0.2) is 6.07 Å². The van der Waals surface area contributed by atoms with Gasteiger partial charge in [-0.05, 0) is 32.1 Å². The van der Waals surface area contributed by atoms with Crippen LogP contribution in [0.25, 0.3) is 0 Å². The first-order chi connectivity index (χ1) is 11.1. The molecule has 0 bridgehead atoms. The molecule has 2 aliphatic carbocycles. The highest BCUT2D eigenvalue weighted by Gasteiger charge is 2.39. The highest BCUT2D eigenvalue weighted by Crippen LogP contribution is 2.38. The van der Waals surface area contributed by atoms with Crippen molar-refractivity contribution in [1.82, 2.24) is 15.1 Å². The molecule has 24 heavy (non-hydrogen) atoms. The molecule has 0 aromatic carbocycles. The van der Waals surface area contributed by atoms with Gasteiger partial charge in [0, 0.05) is 18.4 Å². The van der Waals surface area contributed by atoms with E-state index in [4.69, 9.17) is 0 Å². The van der Waals surface area contributed by atoms with E-state index < -0.39 is 32.9 Å². The monoisotopic (exact) mass is 365 g/mol. The number of hydrogen-bond acceptors (Lipinski definition) is 4. The fraction of sp³-hybridized carbons (Fsp3) is 0.714. The lowest BCUT2D eigenvalue weighted by atomic mass is 10.2. The van der Waals surface area contributed by atoms with Gasteiger partial charge in [-0.2, -0.15) is 18.3 Å². The molecule has 0 saturated heterocycles. The van der Waals surface area contributed by atoms with E-state index in [0.717, 1.165) is 17.0 Å². The van der Waals surface area contributed by atoms with Crippen molar-refractivity contribution in [2.45, 2.75) is 55.6 Å². The van der Waals surface area contributed by atoms with Crippen molar-refractivity contribution >= 4 is 15.7 Å². The summed E-state index contributed by atoms with van der Waals surface area (Å²) in [6.45, 7) is 0. The van der Waals surface area contributed by atoms with Crippen molar-refractivity contribution in [2.75, 3.05) is 6.26 Å². The minimum Gasteiger partial charge on any atom is -0.348 e. The molecular weight excluding hydrogens is 347 g/mol. The minimum absolute atomic E-state index is 0.118. The number of nitrogens with zero attached hydrogens (tertiary/aromatic N) is 2. The number of amides is 1. The van der Waals surface area contributed by atoms with Crippen LogP contribution in [-0.4, -0.2) is 41.7 Å². The summed E-state index contributed by atoms with van der Waals surface area (Å²) in [5.41, 5.74) is -1.20. The highest BCUT2D eigenvalue weighted by atomic mass is 32.2. The first-order valence-corrected chi connectivity index (χ1v) is 9.67. The molecule has 134 valence electrons. The normalized spacial score (nSPS) is 25.0. The molecule has 0 aliphatic heterocycles. The molecule has 6 nitrogen and oxygen atoms in total. The molecule has 1 aromatic heterocycles. The summed E-state index contributed by atoms with van der Waals surface area (Å²) in [7, 11) is -3.18. The SMILES string of the molecule is CS(=O)(=O)C1CCC(NC(=O)c2cc(C(F)(F)F)nn2C2CC2)C1. The van der Waals surface area contributed by atoms with Gasteiger partial charge < -0.3 is 5.32 Å². The predicted molar refractivity (Wildman–Crippen MR) is 79.2 cm³/mol. The lowest BCUT2D eigenvalue weighted by Gasteiger charge is -2.13. The summed E-state index contributed by atoms with van der Waals surface area (Å²) in [5, 5.41) is 5.67. The molecule has 2 unspecified atom stereocenters. The van der Waals surface area contributed by atoms with Crippen LogP contribution in [-0.2, 0) is 16.0 Å². The zero-order chi connectivity index (χ0) is 17.7. The van der Waals surface area contributed by atoms with Crippen molar-refractivity contribution in [1.29, 1.82) is 0 Å². The molecule has 2 atom stereocenters. The number of carbonyl (C=O) groups excluding carboxylic acids is 1. The van der Waals surface area contributed by atoms with Crippen LogP contribution in [0, 0.1) is 0 Å². The van der Waals surface area contributed by atoms with Crippen molar-refractivity contribution in [2.24, 2.45) is 0 Å². The third kappa shape index (κ3) is 3.57. The first kappa shape index (κ1) is 17.2. The Labute approximate surface area is 137 Å². The van der Waals surface area contributed by atoms with E-state index in [1.165, 1.54) is 0 Å². The Bertz CT molecular complexity index is 753. The van der Waals surface area contributed by atoms with Gasteiger partial charge in [-0.15, -0.1) is 0 Å². The summed E-state index contributed by atoms with van der Waals surface area (Å²) < 4.78 is 62.8. The maximum Gasteiger partial charge on any atom is 0.435 e. The van der Waals surface area contributed by atoms with Gasteiger partial charge in [-0.3, -0.25) is 9.48 Å². The molecule has 1 aromatic rings. The van der Waals surface area contributed by atoms with Crippen molar-refractivity contribution in [3.8, 4) is 0 Å². The third-order valence-electron chi connectivity index (χ3n) is 4.48. The lowest BCUT2D eigenvalue weighted by molar-refractivity contribution is -0.141. The fourth-order valence-electron chi connectivity index (χ4n) is 3.02. The smallest absolute Gasteiger partial charge is 0.348 e. The van der Waals surface area contributed by atoms with Gasteiger partial charge in [0.15, 0.2) is 5.69 Å². The van der Waals surface area contributed by atoms with Crippen molar-refractivity contribution in [3.05, 3.63) is 17.5 Å². The Kier molecular flexibility index (Phi) is 4.13. The van der Waals surface area contributed by atoms with Gasteiger partial charge in [-0.25, -0.2) is 8.42 Å². The molecule has 0 radical (unpaired) electrons. The Balaban J connectivity index is 1.75. The maximum absolute atomic E-state index is 12.8. The zero-order valence-electron chi connectivity index (χ0n) is 13.0. The molecule has 2 saturated carbocycles. The standard InChI is InChI=1S/C14H18F3N3O3S/c1-24(22,23)10-5-2-8(6-10)18-13(21)11-7-12(14(15,16)17)19-20(11)9-3-4-9/h7-10H,2-6H2,1H3,(H,18,21). The van der Waals surface area contributed by atoms with Gasteiger partial charge in [-0.1, -0.05) is 0 Å². The van der Waals surface area contributed by atoms with Crippen LogP contribution in [0.3, 0.4) is 0 Å². The van der Waals surface area contributed by atoms with Gasteiger partial charge in [0.05, 0.1) is 11.3 Å². The van der Waals surface area contributed by atoms with Gasteiger partial charge in [0.1, 0.15) is 15.5 Å². The summed E-state index contributed by atoms with van der Waals surface area (Å²) in [4.78, 5) is 12.4. The van der Waals surface area contributed by atoms with Crippen LogP contribution in [0.2, 0.25) is 0 Å². The molecule has 1 heterocycles. The number of aromatic nitrogens is 2. The summed E-state index contributed by atoms with van der Waals surface area (Å²) in [6.07, 6.45) is -0.845. The molecule has 0 spiro atoms. The molecule has 3 rings (SSSR count). The second-order valence-corrected chi connectivity index (χ2v) is 8.85. The molecule has 1 N–H and O–H groups in total. The van der Waals surface area contributed by atoms with Gasteiger partial charge >= 0.3 is 6.18 Å². The zero-order valence-corrected chi connectivity index (χ0v) is 13.8. The molecule has 2 aliphatic rings. The van der Waals surface area contributed by atoms with Crippen LogP contribution in [0.1, 0.15) is 54.3 Å². The van der Waals surface area contributed by atoms with Crippen LogP contribution < -0.4 is 5.32 Å². The van der Waals surface area contributed by atoms with Crippen LogP contribution in [0.4, 0.5) is 13.2 Å². The molecular formula is C14H18F3N3O3S. The van der Waals surface area contributed by atoms with E-state index >= 15 is 0 Å².